The number of ether oxygens (including phenoxy) is 2. The van der Waals surface area contributed by atoms with Crippen LogP contribution in [0.15, 0.2) is 12.3 Å². The molecule has 1 atom stereocenters. The molecule has 0 aliphatic heterocycles. The van der Waals surface area contributed by atoms with E-state index in [1.54, 1.807) is 13.3 Å². The van der Waals surface area contributed by atoms with Crippen LogP contribution in [0.3, 0.4) is 0 Å². The number of pyridine rings is 1. The minimum Gasteiger partial charge on any atom is -0.471 e. The number of halogens is 1. The van der Waals surface area contributed by atoms with Crippen molar-refractivity contribution in [3.8, 4) is 5.88 Å². The molecule has 0 saturated heterocycles. The monoisotopic (exact) mass is 258 g/mol. The molecule has 1 N–H and O–H groups in total. The van der Waals surface area contributed by atoms with E-state index in [1.165, 1.54) is 0 Å². The summed E-state index contributed by atoms with van der Waals surface area (Å²) in [5, 5.41) is 3.74. The third kappa shape index (κ3) is 4.89. The second-order valence-electron chi connectivity index (χ2n) is 3.79. The van der Waals surface area contributed by atoms with Crippen molar-refractivity contribution in [1.29, 1.82) is 0 Å². The maximum Gasteiger partial charge on any atom is 0.232 e. The summed E-state index contributed by atoms with van der Waals surface area (Å²) in [4.78, 5) is 4.20. The van der Waals surface area contributed by atoms with Gasteiger partial charge in [-0.15, -0.1) is 0 Å². The summed E-state index contributed by atoms with van der Waals surface area (Å²) in [5.41, 5.74) is 1.04. The molecule has 1 heterocycles. The summed E-state index contributed by atoms with van der Waals surface area (Å²) in [6.07, 6.45) is 1.70. The van der Waals surface area contributed by atoms with Gasteiger partial charge in [0, 0.05) is 19.9 Å². The van der Waals surface area contributed by atoms with Gasteiger partial charge in [0.2, 0.25) is 5.88 Å². The zero-order chi connectivity index (χ0) is 12.7. The first-order valence-electron chi connectivity index (χ1n) is 5.68. The van der Waals surface area contributed by atoms with Crippen molar-refractivity contribution in [3.05, 3.63) is 22.8 Å². The number of nitrogens with one attached hydrogen (secondary N) is 1. The number of aromatic nitrogens is 1. The lowest BCUT2D eigenvalue weighted by Gasteiger charge is -2.14. The number of methoxy groups -OCH3 is 1. The Morgan fingerprint density at radius 1 is 1.53 bits per heavy atom. The summed E-state index contributed by atoms with van der Waals surface area (Å²) in [6.45, 7) is 6.15. The summed E-state index contributed by atoms with van der Waals surface area (Å²) in [7, 11) is 1.63. The van der Waals surface area contributed by atoms with Gasteiger partial charge in [0.25, 0.3) is 0 Å². The van der Waals surface area contributed by atoms with Crippen LogP contribution < -0.4 is 10.1 Å². The predicted molar refractivity (Wildman–Crippen MR) is 68.6 cm³/mol. The molecule has 96 valence electrons. The van der Waals surface area contributed by atoms with Crippen molar-refractivity contribution in [2.24, 2.45) is 0 Å². The molecule has 0 saturated carbocycles. The Bertz CT molecular complexity index is 347. The topological polar surface area (TPSA) is 43.4 Å². The molecule has 0 radical (unpaired) electrons. The molecule has 0 aliphatic rings. The van der Waals surface area contributed by atoms with Gasteiger partial charge in [-0.25, -0.2) is 4.98 Å². The van der Waals surface area contributed by atoms with Crippen LogP contribution in [0.2, 0.25) is 5.02 Å². The van der Waals surface area contributed by atoms with Crippen LogP contribution in [-0.2, 0) is 11.3 Å². The normalized spacial score (nSPS) is 12.5. The molecule has 0 bridgehead atoms. The lowest BCUT2D eigenvalue weighted by Crippen LogP contribution is -2.19. The van der Waals surface area contributed by atoms with Crippen LogP contribution >= 0.6 is 11.6 Å². The van der Waals surface area contributed by atoms with Crippen molar-refractivity contribution in [1.82, 2.24) is 10.3 Å². The van der Waals surface area contributed by atoms with Gasteiger partial charge in [-0.05, 0) is 25.1 Å². The third-order valence-corrected chi connectivity index (χ3v) is 2.43. The van der Waals surface area contributed by atoms with Crippen molar-refractivity contribution in [2.75, 3.05) is 20.3 Å². The zero-order valence-electron chi connectivity index (χ0n) is 10.5. The molecule has 17 heavy (non-hydrogen) atoms. The van der Waals surface area contributed by atoms with E-state index in [0.29, 0.717) is 17.5 Å². The summed E-state index contributed by atoms with van der Waals surface area (Å²) in [5.74, 6) is 0.455. The number of rotatable bonds is 7. The molecule has 0 aromatic carbocycles. The molecule has 4 nitrogen and oxygen atoms in total. The molecule has 0 spiro atoms. The van der Waals surface area contributed by atoms with Gasteiger partial charge < -0.3 is 14.8 Å². The van der Waals surface area contributed by atoms with E-state index >= 15 is 0 Å². The first kappa shape index (κ1) is 14.2. The Morgan fingerprint density at radius 3 is 2.88 bits per heavy atom. The molecule has 0 amide bonds. The van der Waals surface area contributed by atoms with Crippen molar-refractivity contribution in [2.45, 2.75) is 26.5 Å². The average molecular weight is 259 g/mol. The second kappa shape index (κ2) is 7.48. The molecule has 1 rings (SSSR count). The van der Waals surface area contributed by atoms with Gasteiger partial charge in [-0.3, -0.25) is 0 Å². The van der Waals surface area contributed by atoms with Crippen LogP contribution in [0.4, 0.5) is 0 Å². The first-order valence-corrected chi connectivity index (χ1v) is 6.05. The zero-order valence-corrected chi connectivity index (χ0v) is 11.3. The number of hydrogen-bond acceptors (Lipinski definition) is 4. The maximum atomic E-state index is 6.10. The van der Waals surface area contributed by atoms with E-state index in [2.05, 4.69) is 17.2 Å². The van der Waals surface area contributed by atoms with E-state index in [1.807, 2.05) is 13.0 Å². The SMILES string of the molecule is CCNCc1cnc(OC(C)COC)c(Cl)c1. The van der Waals surface area contributed by atoms with Crippen LogP contribution in [0.25, 0.3) is 0 Å². The van der Waals surface area contributed by atoms with Gasteiger partial charge >= 0.3 is 0 Å². The van der Waals surface area contributed by atoms with Gasteiger partial charge in [0.05, 0.1) is 6.61 Å². The Morgan fingerprint density at radius 2 is 2.29 bits per heavy atom. The van der Waals surface area contributed by atoms with Gasteiger partial charge in [-0.2, -0.15) is 0 Å². The second-order valence-corrected chi connectivity index (χ2v) is 4.20. The fraction of sp³-hybridized carbons (Fsp3) is 0.583. The summed E-state index contributed by atoms with van der Waals surface area (Å²) in [6, 6.07) is 1.87. The minimum absolute atomic E-state index is 0.0652. The average Bonchev–Trinajstić information content (AvgIpc) is 2.30. The van der Waals surface area contributed by atoms with Gasteiger partial charge in [-0.1, -0.05) is 18.5 Å². The Kier molecular flexibility index (Phi) is 6.26. The molecule has 1 aromatic rings. The van der Waals surface area contributed by atoms with E-state index in [-0.39, 0.29) is 6.10 Å². The summed E-state index contributed by atoms with van der Waals surface area (Å²) >= 11 is 6.10. The van der Waals surface area contributed by atoms with Gasteiger partial charge in [0.15, 0.2) is 0 Å². The standard InChI is InChI=1S/C12H19ClN2O2/c1-4-14-6-10-5-11(13)12(15-7-10)17-9(2)8-16-3/h5,7,9,14H,4,6,8H2,1-3H3. The third-order valence-electron chi connectivity index (χ3n) is 2.16. The Labute approximate surface area is 107 Å². The smallest absolute Gasteiger partial charge is 0.232 e. The molecule has 0 fully saturated rings. The predicted octanol–water partition coefficient (Wildman–Crippen LogP) is 2.26. The largest absolute Gasteiger partial charge is 0.471 e. The highest BCUT2D eigenvalue weighted by Crippen LogP contribution is 2.23. The van der Waals surface area contributed by atoms with E-state index in [0.717, 1.165) is 18.7 Å². The van der Waals surface area contributed by atoms with Gasteiger partial charge in [0.1, 0.15) is 11.1 Å². The lowest BCUT2D eigenvalue weighted by molar-refractivity contribution is 0.0890. The Hall–Kier alpha value is -0.840. The maximum absolute atomic E-state index is 6.10. The number of nitrogens with zero attached hydrogens (tertiary/aromatic N) is 1. The van der Waals surface area contributed by atoms with E-state index in [9.17, 15) is 0 Å². The van der Waals surface area contributed by atoms with Crippen molar-refractivity contribution >= 4 is 11.6 Å². The fourth-order valence-electron chi connectivity index (χ4n) is 1.38. The molecule has 1 aromatic heterocycles. The quantitative estimate of drug-likeness (QED) is 0.815. The highest BCUT2D eigenvalue weighted by molar-refractivity contribution is 6.31. The summed E-state index contributed by atoms with van der Waals surface area (Å²) < 4.78 is 10.5. The highest BCUT2D eigenvalue weighted by Gasteiger charge is 2.09. The van der Waals surface area contributed by atoms with Crippen LogP contribution in [0, 0.1) is 0 Å². The minimum atomic E-state index is -0.0652. The first-order chi connectivity index (χ1) is 8.17. The molecule has 0 aliphatic carbocycles. The molecule has 1 unspecified atom stereocenters. The fourth-order valence-corrected chi connectivity index (χ4v) is 1.61. The molecular formula is C12H19ClN2O2. The Balaban J connectivity index is 2.62. The van der Waals surface area contributed by atoms with Crippen LogP contribution in [0.5, 0.6) is 5.88 Å². The number of hydrogen-bond donors (Lipinski definition) is 1. The molecule has 5 heteroatoms. The lowest BCUT2D eigenvalue weighted by atomic mass is 10.3. The van der Waals surface area contributed by atoms with Crippen molar-refractivity contribution in [3.63, 3.8) is 0 Å². The van der Waals surface area contributed by atoms with Crippen LogP contribution in [0.1, 0.15) is 19.4 Å². The van der Waals surface area contributed by atoms with Crippen LogP contribution in [-0.4, -0.2) is 31.3 Å². The van der Waals surface area contributed by atoms with E-state index < -0.39 is 0 Å². The molecular weight excluding hydrogens is 240 g/mol. The van der Waals surface area contributed by atoms with Crippen molar-refractivity contribution < 1.29 is 9.47 Å². The highest BCUT2D eigenvalue weighted by atomic mass is 35.5. The van der Waals surface area contributed by atoms with E-state index in [4.69, 9.17) is 21.1 Å².